The second-order valence-corrected chi connectivity index (χ2v) is 9.90. The number of Topliss-reactive ketones (excluding diaryl/α,β-unsaturated/α-hetero) is 1. The predicted octanol–water partition coefficient (Wildman–Crippen LogP) is 5.40. The molecule has 0 amide bonds. The molecule has 5 rings (SSSR count). The topological polar surface area (TPSA) is 110 Å². The molecule has 36 heavy (non-hydrogen) atoms. The lowest BCUT2D eigenvalue weighted by atomic mass is 9.75. The van der Waals surface area contributed by atoms with E-state index in [1.165, 1.54) is 24.3 Å². The lowest BCUT2D eigenvalue weighted by molar-refractivity contribution is -0.137. The number of benzene rings is 2. The zero-order valence-electron chi connectivity index (χ0n) is 19.8. The number of fused-ring (bicyclic) bond motifs is 2. The SMILES string of the molecule is CC1(C)CC(=O)c2c(-c3c(O)c4ccccc4oc3=O)c(-c3ccc(F)cc3)n(CCC(=O)O)c2C1. The fourth-order valence-electron chi connectivity index (χ4n) is 5.15. The molecular formula is C28H24FNO6. The summed E-state index contributed by atoms with van der Waals surface area (Å²) in [6.45, 7) is 3.91. The summed E-state index contributed by atoms with van der Waals surface area (Å²) >= 11 is 0. The molecule has 184 valence electrons. The number of carboxylic acids is 1. The molecule has 1 aliphatic carbocycles. The normalized spacial score (nSPS) is 14.7. The highest BCUT2D eigenvalue weighted by Gasteiger charge is 2.40. The van der Waals surface area contributed by atoms with E-state index >= 15 is 0 Å². The highest BCUT2D eigenvalue weighted by molar-refractivity contribution is 6.10. The third-order valence-electron chi connectivity index (χ3n) is 6.64. The Kier molecular flexibility index (Phi) is 5.54. The number of carboxylic acid groups (broad SMARTS) is 1. The van der Waals surface area contributed by atoms with Crippen molar-refractivity contribution < 1.29 is 28.6 Å². The number of para-hydroxylation sites is 1. The third kappa shape index (κ3) is 3.88. The van der Waals surface area contributed by atoms with Gasteiger partial charge in [0.1, 0.15) is 22.7 Å². The van der Waals surface area contributed by atoms with Gasteiger partial charge in [0.15, 0.2) is 5.78 Å². The molecule has 0 fully saturated rings. The second-order valence-electron chi connectivity index (χ2n) is 9.90. The highest BCUT2D eigenvalue weighted by Crippen LogP contribution is 2.48. The number of rotatable bonds is 5. The van der Waals surface area contributed by atoms with E-state index in [4.69, 9.17) is 4.42 Å². The summed E-state index contributed by atoms with van der Waals surface area (Å²) in [5.74, 6) is -2.06. The first-order chi connectivity index (χ1) is 17.1. The van der Waals surface area contributed by atoms with Crippen LogP contribution >= 0.6 is 0 Å². The molecule has 0 aliphatic heterocycles. The molecule has 1 aliphatic rings. The third-order valence-corrected chi connectivity index (χ3v) is 6.64. The van der Waals surface area contributed by atoms with Gasteiger partial charge in [-0.05, 0) is 53.8 Å². The molecule has 2 N–H and O–H groups in total. The Bertz CT molecular complexity index is 1590. The van der Waals surface area contributed by atoms with E-state index in [2.05, 4.69) is 0 Å². The van der Waals surface area contributed by atoms with Gasteiger partial charge in [0.25, 0.3) is 0 Å². The second kappa shape index (κ2) is 8.48. The molecule has 7 nitrogen and oxygen atoms in total. The smallest absolute Gasteiger partial charge is 0.348 e. The van der Waals surface area contributed by atoms with Crippen LogP contribution in [0.2, 0.25) is 0 Å². The van der Waals surface area contributed by atoms with Crippen LogP contribution in [0.5, 0.6) is 5.75 Å². The Hall–Kier alpha value is -4.20. The van der Waals surface area contributed by atoms with Crippen LogP contribution in [0.1, 0.15) is 42.7 Å². The van der Waals surface area contributed by atoms with Crippen molar-refractivity contribution in [3.05, 3.63) is 76.0 Å². The van der Waals surface area contributed by atoms with Crippen LogP contribution in [0.3, 0.4) is 0 Å². The van der Waals surface area contributed by atoms with Crippen LogP contribution in [0.25, 0.3) is 33.4 Å². The average Bonchev–Trinajstić information content (AvgIpc) is 3.11. The first kappa shape index (κ1) is 23.5. The number of aromatic hydroxyl groups is 1. The van der Waals surface area contributed by atoms with Crippen LogP contribution in [-0.4, -0.2) is 26.5 Å². The summed E-state index contributed by atoms with van der Waals surface area (Å²) in [4.78, 5) is 38.4. The number of aromatic nitrogens is 1. The van der Waals surface area contributed by atoms with Crippen molar-refractivity contribution in [1.29, 1.82) is 0 Å². The van der Waals surface area contributed by atoms with E-state index in [-0.39, 0.29) is 53.2 Å². The molecule has 2 heterocycles. The monoisotopic (exact) mass is 489 g/mol. The number of halogens is 1. The molecular weight excluding hydrogens is 465 g/mol. The van der Waals surface area contributed by atoms with Crippen molar-refractivity contribution in [2.75, 3.05) is 0 Å². The van der Waals surface area contributed by atoms with Crippen molar-refractivity contribution in [2.45, 2.75) is 39.7 Å². The van der Waals surface area contributed by atoms with Crippen molar-refractivity contribution in [3.63, 3.8) is 0 Å². The van der Waals surface area contributed by atoms with Gasteiger partial charge in [0, 0.05) is 29.8 Å². The summed E-state index contributed by atoms with van der Waals surface area (Å²) in [6, 6.07) is 12.0. The van der Waals surface area contributed by atoms with Crippen LogP contribution in [0, 0.1) is 11.2 Å². The standard InChI is InChI=1S/C28H24FNO6/c1-28(2)13-18-22(19(31)14-28)23(24-26(34)17-5-3-4-6-20(17)36-27(24)35)25(30(18)12-11-21(32)33)15-7-9-16(29)10-8-15/h3-10,34H,11-14H2,1-2H3,(H,32,33). The van der Waals surface area contributed by atoms with E-state index in [0.29, 0.717) is 28.8 Å². The first-order valence-corrected chi connectivity index (χ1v) is 11.6. The zero-order valence-corrected chi connectivity index (χ0v) is 19.8. The number of aliphatic carboxylic acids is 1. The molecule has 0 atom stereocenters. The number of carbonyl (C=O) groups is 2. The van der Waals surface area contributed by atoms with Crippen molar-refractivity contribution in [2.24, 2.45) is 5.41 Å². The minimum absolute atomic E-state index is 0.0212. The predicted molar refractivity (Wildman–Crippen MR) is 132 cm³/mol. The van der Waals surface area contributed by atoms with E-state index in [0.717, 1.165) is 0 Å². The summed E-state index contributed by atoms with van der Waals surface area (Å²) < 4.78 is 21.1. The quantitative estimate of drug-likeness (QED) is 0.363. The van der Waals surface area contributed by atoms with Crippen molar-refractivity contribution in [1.82, 2.24) is 4.57 Å². The Morgan fingerprint density at radius 3 is 2.42 bits per heavy atom. The Morgan fingerprint density at radius 1 is 1.03 bits per heavy atom. The maximum Gasteiger partial charge on any atom is 0.348 e. The molecule has 0 unspecified atom stereocenters. The van der Waals surface area contributed by atoms with Gasteiger partial charge < -0.3 is 19.2 Å². The zero-order chi connectivity index (χ0) is 25.8. The lowest BCUT2D eigenvalue weighted by Crippen LogP contribution is -2.28. The molecule has 8 heteroatoms. The van der Waals surface area contributed by atoms with Gasteiger partial charge in [-0.25, -0.2) is 9.18 Å². The molecule has 0 bridgehead atoms. The van der Waals surface area contributed by atoms with Crippen molar-refractivity contribution in [3.8, 4) is 28.1 Å². The largest absolute Gasteiger partial charge is 0.506 e. The van der Waals surface area contributed by atoms with E-state index in [9.17, 15) is 29.0 Å². The molecule has 2 aromatic heterocycles. The highest BCUT2D eigenvalue weighted by atomic mass is 19.1. The van der Waals surface area contributed by atoms with Crippen LogP contribution in [0.15, 0.2) is 57.7 Å². The number of ketones is 1. The molecule has 0 saturated heterocycles. The van der Waals surface area contributed by atoms with Gasteiger partial charge in [-0.15, -0.1) is 0 Å². The van der Waals surface area contributed by atoms with Crippen molar-refractivity contribution >= 4 is 22.7 Å². The summed E-state index contributed by atoms with van der Waals surface area (Å²) in [7, 11) is 0. The summed E-state index contributed by atoms with van der Waals surface area (Å²) in [5.41, 5.74) is 0.649. The number of hydrogen-bond acceptors (Lipinski definition) is 5. The Morgan fingerprint density at radius 2 is 1.72 bits per heavy atom. The molecule has 2 aromatic carbocycles. The summed E-state index contributed by atoms with van der Waals surface area (Å²) in [5, 5.41) is 21.0. The minimum atomic E-state index is -1.03. The summed E-state index contributed by atoms with van der Waals surface area (Å²) in [6.07, 6.45) is 0.418. The van der Waals surface area contributed by atoms with Crippen LogP contribution in [0.4, 0.5) is 4.39 Å². The average molecular weight is 489 g/mol. The van der Waals surface area contributed by atoms with Gasteiger partial charge in [-0.3, -0.25) is 9.59 Å². The molecule has 0 spiro atoms. The Balaban J connectivity index is 1.94. The van der Waals surface area contributed by atoms with Gasteiger partial charge in [-0.2, -0.15) is 0 Å². The van der Waals surface area contributed by atoms with E-state index in [1.54, 1.807) is 28.8 Å². The number of hydrogen-bond donors (Lipinski definition) is 2. The Labute approximate surface area is 205 Å². The van der Waals surface area contributed by atoms with Gasteiger partial charge in [-0.1, -0.05) is 26.0 Å². The van der Waals surface area contributed by atoms with Gasteiger partial charge in [0.2, 0.25) is 0 Å². The first-order valence-electron chi connectivity index (χ1n) is 11.6. The molecule has 0 saturated carbocycles. The number of carbonyl (C=O) groups excluding carboxylic acids is 1. The minimum Gasteiger partial charge on any atom is -0.506 e. The van der Waals surface area contributed by atoms with Crippen LogP contribution in [-0.2, 0) is 17.8 Å². The van der Waals surface area contributed by atoms with E-state index < -0.39 is 22.8 Å². The maximum absolute atomic E-state index is 13.8. The fraction of sp³-hybridized carbons (Fsp3) is 0.250. The fourth-order valence-corrected chi connectivity index (χ4v) is 5.15. The molecule has 4 aromatic rings. The molecule has 0 radical (unpaired) electrons. The van der Waals surface area contributed by atoms with Gasteiger partial charge >= 0.3 is 11.6 Å². The van der Waals surface area contributed by atoms with E-state index in [1.807, 2.05) is 13.8 Å². The maximum atomic E-state index is 13.8. The van der Waals surface area contributed by atoms with Gasteiger partial charge in [0.05, 0.1) is 17.5 Å². The number of nitrogens with zero attached hydrogens (tertiary/aromatic N) is 1. The lowest BCUT2D eigenvalue weighted by Gasteiger charge is -2.30. The van der Waals surface area contributed by atoms with Crippen LogP contribution < -0.4 is 5.63 Å².